The zero-order valence-corrected chi connectivity index (χ0v) is 20.8. The molecule has 1 unspecified atom stereocenters. The van der Waals surface area contributed by atoms with Crippen molar-refractivity contribution in [1.29, 1.82) is 0 Å². The molecule has 0 aliphatic heterocycles. The zero-order chi connectivity index (χ0) is 29.4. The van der Waals surface area contributed by atoms with Crippen molar-refractivity contribution in [3.05, 3.63) is 49.4 Å². The summed E-state index contributed by atoms with van der Waals surface area (Å²) in [5.41, 5.74) is -8.92. The summed E-state index contributed by atoms with van der Waals surface area (Å²) in [7, 11) is 0.755. The van der Waals surface area contributed by atoms with Crippen molar-refractivity contribution in [1.82, 2.24) is 9.55 Å². The highest BCUT2D eigenvalue weighted by atomic mass is 35.5. The molecule has 212 valence electrons. The number of halogens is 11. The molecule has 1 atom stereocenters. The van der Waals surface area contributed by atoms with Gasteiger partial charge in [0.2, 0.25) is 12.2 Å². The highest BCUT2D eigenvalue weighted by Gasteiger charge is 2.44. The van der Waals surface area contributed by atoms with Crippen LogP contribution in [0.3, 0.4) is 0 Å². The molecule has 18 heteroatoms. The summed E-state index contributed by atoms with van der Waals surface area (Å²) in [5, 5.41) is -2.92. The van der Waals surface area contributed by atoms with Crippen molar-refractivity contribution in [3.8, 4) is 0 Å². The van der Waals surface area contributed by atoms with E-state index in [1.165, 1.54) is 13.8 Å². The number of carbonyl (C=O) groups is 1. The van der Waals surface area contributed by atoms with Gasteiger partial charge in [0.1, 0.15) is 5.02 Å². The highest BCUT2D eigenvalue weighted by Crippen LogP contribution is 2.46. The van der Waals surface area contributed by atoms with Crippen LogP contribution in [0.4, 0.5) is 51.1 Å². The number of rotatable bonds is 7. The molecule has 2 aromatic rings. The average Bonchev–Trinajstić information content (AvgIpc) is 2.78. The molecule has 0 N–H and O–H groups in total. The Morgan fingerprint density at radius 1 is 1.00 bits per heavy atom. The molecule has 0 bridgehead atoms. The monoisotopic (exact) mass is 603 g/mol. The highest BCUT2D eigenvalue weighted by molar-refractivity contribution is 6.34. The third-order valence-corrected chi connectivity index (χ3v) is 5.54. The van der Waals surface area contributed by atoms with Crippen LogP contribution >= 0.6 is 23.2 Å². The fourth-order valence-corrected chi connectivity index (χ4v) is 3.74. The molecule has 1 aromatic carbocycles. The Labute approximate surface area is 217 Å². The largest absolute Gasteiger partial charge is 0.466 e. The summed E-state index contributed by atoms with van der Waals surface area (Å²) in [5.74, 6) is -2.75. The number of hydrogen-bond donors (Lipinski definition) is 0. The predicted octanol–water partition coefficient (Wildman–Crippen LogP) is 6.30. The summed E-state index contributed by atoms with van der Waals surface area (Å²) in [6.45, 7) is 1.40. The van der Waals surface area contributed by atoms with E-state index < -0.39 is 87.9 Å². The predicted molar refractivity (Wildman–Crippen MR) is 115 cm³/mol. The minimum atomic E-state index is -5.50. The Balaban J connectivity index is 3.22. The van der Waals surface area contributed by atoms with E-state index in [1.807, 2.05) is 0 Å². The Morgan fingerprint density at radius 3 is 2.00 bits per heavy atom. The molecule has 1 aromatic heterocycles. The number of carbonyl (C=O) groups excluding carboxylic acids is 1. The first-order valence-corrected chi connectivity index (χ1v) is 10.9. The number of ether oxygens (including phenoxy) is 2. The molecule has 1 heterocycles. The lowest BCUT2D eigenvalue weighted by Gasteiger charge is -2.33. The quantitative estimate of drug-likeness (QED) is 0.210. The molecule has 0 radical (unpaired) electrons. The van der Waals surface area contributed by atoms with E-state index in [4.69, 9.17) is 27.9 Å². The average molecular weight is 604 g/mol. The number of benzene rings is 1. The van der Waals surface area contributed by atoms with Crippen LogP contribution in [-0.4, -0.2) is 35.5 Å². The topological polar surface area (TPSA) is 73.7 Å². The van der Waals surface area contributed by atoms with Gasteiger partial charge in [-0.1, -0.05) is 23.2 Å². The lowest BCUT2D eigenvalue weighted by molar-refractivity contribution is -0.153. The molecule has 0 aliphatic rings. The number of nitrogens with zero attached hydrogens (tertiary/aromatic N) is 3. The van der Waals surface area contributed by atoms with Gasteiger partial charge in [0, 0.05) is 13.2 Å². The van der Waals surface area contributed by atoms with E-state index in [0.717, 1.165) is 7.11 Å². The first kappa shape index (κ1) is 31.5. The van der Waals surface area contributed by atoms with Gasteiger partial charge in [0.15, 0.2) is 5.69 Å². The van der Waals surface area contributed by atoms with Gasteiger partial charge in [-0.05, 0) is 26.0 Å². The van der Waals surface area contributed by atoms with Gasteiger partial charge >= 0.3 is 24.5 Å². The van der Waals surface area contributed by atoms with Gasteiger partial charge in [-0.15, -0.1) is 0 Å². The molecule has 38 heavy (non-hydrogen) atoms. The number of anilines is 2. The standard InChI is InChI=1S/C20H16Cl2F9N3O4/c1-4-33-14(35)12(22)13(20(29,30)31)32-17(33)34(15(38-5-2)16(36)37-3)10-7-8(18(23,24)25)6-9(11(10)21)19(26,27)28/h6-7,15H,4-5H2,1-3H3. The first-order chi connectivity index (χ1) is 17.3. The third kappa shape index (κ3) is 6.29. The van der Waals surface area contributed by atoms with Gasteiger partial charge < -0.3 is 9.47 Å². The van der Waals surface area contributed by atoms with Crippen LogP contribution in [0, 0.1) is 0 Å². The first-order valence-electron chi connectivity index (χ1n) is 10.1. The lowest BCUT2D eigenvalue weighted by atomic mass is 10.1. The second-order valence-electron chi connectivity index (χ2n) is 7.17. The van der Waals surface area contributed by atoms with Crippen molar-refractivity contribution in [3.63, 3.8) is 0 Å². The van der Waals surface area contributed by atoms with Crippen LogP contribution in [0.2, 0.25) is 10.0 Å². The van der Waals surface area contributed by atoms with Gasteiger partial charge in [0.25, 0.3) is 5.56 Å². The zero-order valence-electron chi connectivity index (χ0n) is 19.3. The molecule has 2 rings (SSSR count). The van der Waals surface area contributed by atoms with Crippen molar-refractivity contribution >= 4 is 40.8 Å². The molecular formula is C20H16Cl2F9N3O4. The Kier molecular flexibility index (Phi) is 9.27. The van der Waals surface area contributed by atoms with Crippen LogP contribution in [0.5, 0.6) is 0 Å². The maximum absolute atomic E-state index is 13.7. The Bertz CT molecular complexity index is 1260. The third-order valence-electron chi connectivity index (χ3n) is 4.80. The number of alkyl halides is 9. The second kappa shape index (κ2) is 11.2. The van der Waals surface area contributed by atoms with Crippen LogP contribution < -0.4 is 10.5 Å². The number of esters is 1. The second-order valence-corrected chi connectivity index (χ2v) is 7.93. The molecule has 0 saturated carbocycles. The van der Waals surface area contributed by atoms with E-state index in [0.29, 0.717) is 4.57 Å². The number of aromatic nitrogens is 2. The van der Waals surface area contributed by atoms with E-state index in [-0.39, 0.29) is 17.0 Å². The lowest BCUT2D eigenvalue weighted by Crippen LogP contribution is -2.45. The van der Waals surface area contributed by atoms with Gasteiger partial charge in [-0.25, -0.2) is 9.78 Å². The maximum Gasteiger partial charge on any atom is 0.435 e. The minimum absolute atomic E-state index is 0.0283. The fourth-order valence-electron chi connectivity index (χ4n) is 3.18. The van der Waals surface area contributed by atoms with Crippen LogP contribution in [0.25, 0.3) is 0 Å². The van der Waals surface area contributed by atoms with Crippen molar-refractivity contribution < 1.29 is 53.8 Å². The van der Waals surface area contributed by atoms with Crippen molar-refractivity contribution in [2.24, 2.45) is 0 Å². The van der Waals surface area contributed by atoms with Gasteiger partial charge in [-0.3, -0.25) is 14.3 Å². The van der Waals surface area contributed by atoms with Crippen molar-refractivity contribution in [2.75, 3.05) is 18.6 Å². The van der Waals surface area contributed by atoms with Crippen molar-refractivity contribution in [2.45, 2.75) is 45.1 Å². The SMILES string of the molecule is CCOC(C(=O)OC)N(c1cc(C(F)(F)F)cc(C(F)(F)F)c1Cl)c1nc(C(F)(F)F)c(Cl)c(=O)n1CC. The van der Waals surface area contributed by atoms with E-state index in [2.05, 4.69) is 9.72 Å². The number of methoxy groups -OCH3 is 1. The minimum Gasteiger partial charge on any atom is -0.466 e. The normalized spacial score (nSPS) is 13.4. The summed E-state index contributed by atoms with van der Waals surface area (Å²) >= 11 is 11.4. The van der Waals surface area contributed by atoms with Crippen LogP contribution in [0.15, 0.2) is 16.9 Å². The number of hydrogen-bond acceptors (Lipinski definition) is 6. The smallest absolute Gasteiger partial charge is 0.435 e. The summed E-state index contributed by atoms with van der Waals surface area (Å²) in [6.07, 6.45) is -18.7. The van der Waals surface area contributed by atoms with Gasteiger partial charge in [-0.2, -0.15) is 39.5 Å². The molecule has 7 nitrogen and oxygen atoms in total. The fraction of sp³-hybridized carbons (Fsp3) is 0.450. The van der Waals surface area contributed by atoms with Crippen LogP contribution in [0.1, 0.15) is 30.7 Å². The van der Waals surface area contributed by atoms with Crippen LogP contribution in [-0.2, 0) is 39.3 Å². The summed E-state index contributed by atoms with van der Waals surface area (Å²) < 4.78 is 133. The molecule has 0 amide bonds. The Hall–Kier alpha value is -2.72. The molecular weight excluding hydrogens is 588 g/mol. The van der Waals surface area contributed by atoms with E-state index >= 15 is 0 Å². The molecule has 0 aliphatic carbocycles. The maximum atomic E-state index is 13.7. The summed E-state index contributed by atoms with van der Waals surface area (Å²) in [6, 6.07) is -0.304. The van der Waals surface area contributed by atoms with Gasteiger partial charge in [0.05, 0.1) is 28.9 Å². The van der Waals surface area contributed by atoms with E-state index in [1.54, 1.807) is 0 Å². The molecule has 0 spiro atoms. The molecule has 0 fully saturated rings. The summed E-state index contributed by atoms with van der Waals surface area (Å²) in [4.78, 5) is 28.6. The molecule has 0 saturated heterocycles. The van der Waals surface area contributed by atoms with E-state index in [9.17, 15) is 49.1 Å². The Morgan fingerprint density at radius 2 is 1.58 bits per heavy atom.